The smallest absolute Gasteiger partial charge is 0.286 e. The summed E-state index contributed by atoms with van der Waals surface area (Å²) in [5, 5.41) is -3.75. The third-order valence-corrected chi connectivity index (χ3v) is 2.93. The van der Waals surface area contributed by atoms with Crippen LogP contribution in [0.1, 0.15) is 31.1 Å². The summed E-state index contributed by atoms with van der Waals surface area (Å²) in [5.41, 5.74) is -0.807. The fourth-order valence-electron chi connectivity index (χ4n) is 1.26. The van der Waals surface area contributed by atoms with E-state index in [-0.39, 0.29) is 11.8 Å². The summed E-state index contributed by atoms with van der Waals surface area (Å²) in [6.07, 6.45) is 0. The van der Waals surface area contributed by atoms with Gasteiger partial charge in [-0.3, -0.25) is 4.79 Å². The number of Topliss-reactive ketones (excluding diaryl/α,β-unsaturated/α-hetero) is 1. The Kier molecular flexibility index (Phi) is 4.10. The molecule has 0 atom stereocenters. The molecular weight excluding hydrogens is 268 g/mol. The van der Waals surface area contributed by atoms with Gasteiger partial charge in [0.2, 0.25) is 5.78 Å². The van der Waals surface area contributed by atoms with E-state index in [4.69, 9.17) is 0 Å². The van der Waals surface area contributed by atoms with E-state index in [0.29, 0.717) is 6.07 Å². The average molecular weight is 280 g/mol. The van der Waals surface area contributed by atoms with Gasteiger partial charge in [-0.05, 0) is 12.1 Å². The fraction of sp³-hybridized carbons (Fsp3) is 0.417. The summed E-state index contributed by atoms with van der Waals surface area (Å²) < 4.78 is 52.3. The van der Waals surface area contributed by atoms with Crippen molar-refractivity contribution in [2.24, 2.45) is 0 Å². The first kappa shape index (κ1) is 15.0. The number of hydrogen-bond donors (Lipinski definition) is 0. The standard InChI is InChI=1S/C12H12F4OS/c1-11(2,3)18-12(15,16)10(17)8-5-4-7(13)6-9(8)14/h4-6H,1-3H3. The van der Waals surface area contributed by atoms with Crippen LogP contribution >= 0.6 is 11.8 Å². The van der Waals surface area contributed by atoms with Crippen LogP contribution in [0.4, 0.5) is 17.6 Å². The monoisotopic (exact) mass is 280 g/mol. The molecule has 1 aromatic carbocycles. The molecular formula is C12H12F4OS. The number of carbonyl (C=O) groups is 1. The summed E-state index contributed by atoms with van der Waals surface area (Å²) in [6.45, 7) is 4.54. The molecule has 100 valence electrons. The second-order valence-electron chi connectivity index (χ2n) is 4.68. The highest BCUT2D eigenvalue weighted by molar-refractivity contribution is 8.02. The maximum absolute atomic E-state index is 13.6. The molecule has 0 unspecified atom stereocenters. The van der Waals surface area contributed by atoms with Gasteiger partial charge in [-0.15, -0.1) is 0 Å². The maximum atomic E-state index is 13.6. The minimum absolute atomic E-state index is 0.132. The highest BCUT2D eigenvalue weighted by Gasteiger charge is 2.44. The van der Waals surface area contributed by atoms with E-state index in [1.54, 1.807) is 0 Å². The molecule has 0 heterocycles. The van der Waals surface area contributed by atoms with Crippen molar-refractivity contribution >= 4 is 17.5 Å². The average Bonchev–Trinajstić information content (AvgIpc) is 2.12. The lowest BCUT2D eigenvalue weighted by Crippen LogP contribution is -2.30. The summed E-state index contributed by atoms with van der Waals surface area (Å²) in [6, 6.07) is 1.91. The number of ketones is 1. The molecule has 1 nitrogen and oxygen atoms in total. The van der Waals surface area contributed by atoms with Crippen molar-refractivity contribution in [2.45, 2.75) is 30.8 Å². The van der Waals surface area contributed by atoms with Crippen LogP contribution in [0.25, 0.3) is 0 Å². The molecule has 0 aliphatic rings. The molecule has 0 fully saturated rings. The third-order valence-electron chi connectivity index (χ3n) is 1.87. The first-order valence-electron chi connectivity index (χ1n) is 5.11. The zero-order chi connectivity index (χ0) is 14.1. The van der Waals surface area contributed by atoms with Crippen LogP contribution in [0.2, 0.25) is 0 Å². The Labute approximate surface area is 107 Å². The van der Waals surface area contributed by atoms with Crippen molar-refractivity contribution in [3.63, 3.8) is 0 Å². The molecule has 18 heavy (non-hydrogen) atoms. The summed E-state index contributed by atoms with van der Waals surface area (Å²) in [7, 11) is 0. The van der Waals surface area contributed by atoms with Gasteiger partial charge in [0, 0.05) is 10.8 Å². The van der Waals surface area contributed by atoms with Crippen LogP contribution in [0.15, 0.2) is 18.2 Å². The molecule has 0 aromatic heterocycles. The van der Waals surface area contributed by atoms with Crippen molar-refractivity contribution in [3.8, 4) is 0 Å². The number of halogens is 4. The predicted octanol–water partition coefficient (Wildman–Crippen LogP) is 4.27. The zero-order valence-electron chi connectivity index (χ0n) is 10.1. The molecule has 0 aliphatic carbocycles. The van der Waals surface area contributed by atoms with Gasteiger partial charge < -0.3 is 0 Å². The van der Waals surface area contributed by atoms with Crippen molar-refractivity contribution in [3.05, 3.63) is 35.4 Å². The molecule has 0 spiro atoms. The highest BCUT2D eigenvalue weighted by atomic mass is 32.2. The van der Waals surface area contributed by atoms with E-state index in [0.717, 1.165) is 12.1 Å². The van der Waals surface area contributed by atoms with Crippen molar-refractivity contribution in [1.82, 2.24) is 0 Å². The lowest BCUT2D eigenvalue weighted by atomic mass is 10.1. The molecule has 0 saturated heterocycles. The van der Waals surface area contributed by atoms with Crippen LogP contribution in [-0.4, -0.2) is 15.8 Å². The van der Waals surface area contributed by atoms with Gasteiger partial charge in [0.15, 0.2) is 0 Å². The normalized spacial score (nSPS) is 12.6. The molecule has 6 heteroatoms. The van der Waals surface area contributed by atoms with E-state index >= 15 is 0 Å². The quantitative estimate of drug-likeness (QED) is 0.607. The van der Waals surface area contributed by atoms with Gasteiger partial charge in [-0.1, -0.05) is 32.5 Å². The first-order valence-corrected chi connectivity index (χ1v) is 5.92. The maximum Gasteiger partial charge on any atom is 0.356 e. The Bertz CT molecular complexity index is 466. The van der Waals surface area contributed by atoms with Crippen molar-refractivity contribution in [1.29, 1.82) is 0 Å². The topological polar surface area (TPSA) is 17.1 Å². The molecule has 0 aliphatic heterocycles. The number of rotatable bonds is 3. The van der Waals surface area contributed by atoms with E-state index < -0.39 is 33.0 Å². The Balaban J connectivity index is 3.06. The number of alkyl halides is 2. The summed E-state index contributed by atoms with van der Waals surface area (Å²) >= 11 is 0.132. The van der Waals surface area contributed by atoms with Gasteiger partial charge in [-0.25, -0.2) is 8.78 Å². The van der Waals surface area contributed by atoms with Crippen molar-refractivity contribution in [2.75, 3.05) is 0 Å². The van der Waals surface area contributed by atoms with Gasteiger partial charge in [0.25, 0.3) is 0 Å². The Hall–Kier alpha value is -1.04. The third kappa shape index (κ3) is 3.73. The first-order chi connectivity index (χ1) is 8.03. The Morgan fingerprint density at radius 3 is 2.17 bits per heavy atom. The van der Waals surface area contributed by atoms with Crippen LogP contribution in [-0.2, 0) is 0 Å². The minimum atomic E-state index is -3.75. The van der Waals surface area contributed by atoms with Crippen LogP contribution in [0.5, 0.6) is 0 Å². The van der Waals surface area contributed by atoms with Gasteiger partial charge in [-0.2, -0.15) is 8.78 Å². The highest BCUT2D eigenvalue weighted by Crippen LogP contribution is 2.41. The number of hydrogen-bond acceptors (Lipinski definition) is 2. The van der Waals surface area contributed by atoms with Crippen LogP contribution in [0.3, 0.4) is 0 Å². The van der Waals surface area contributed by atoms with Gasteiger partial charge in [0.1, 0.15) is 11.6 Å². The number of benzene rings is 1. The predicted molar refractivity (Wildman–Crippen MR) is 63.0 cm³/mol. The molecule has 0 radical (unpaired) electrons. The molecule has 1 aromatic rings. The number of thioether (sulfide) groups is 1. The molecule has 0 amide bonds. The number of carbonyl (C=O) groups excluding carboxylic acids is 1. The second kappa shape index (κ2) is 4.91. The van der Waals surface area contributed by atoms with E-state index in [1.807, 2.05) is 0 Å². The van der Waals surface area contributed by atoms with E-state index in [9.17, 15) is 22.4 Å². The van der Waals surface area contributed by atoms with Gasteiger partial charge >= 0.3 is 5.25 Å². The minimum Gasteiger partial charge on any atom is -0.286 e. The molecule has 0 N–H and O–H groups in total. The lowest BCUT2D eigenvalue weighted by molar-refractivity contribution is 0.0557. The van der Waals surface area contributed by atoms with Crippen LogP contribution in [0, 0.1) is 11.6 Å². The lowest BCUT2D eigenvalue weighted by Gasteiger charge is -2.24. The van der Waals surface area contributed by atoms with Gasteiger partial charge in [0.05, 0.1) is 5.56 Å². The van der Waals surface area contributed by atoms with E-state index in [1.165, 1.54) is 20.8 Å². The summed E-state index contributed by atoms with van der Waals surface area (Å²) in [4.78, 5) is 11.5. The van der Waals surface area contributed by atoms with Crippen LogP contribution < -0.4 is 0 Å². The molecule has 0 saturated carbocycles. The zero-order valence-corrected chi connectivity index (χ0v) is 10.9. The van der Waals surface area contributed by atoms with E-state index in [2.05, 4.69) is 0 Å². The van der Waals surface area contributed by atoms with Crippen molar-refractivity contribution < 1.29 is 22.4 Å². The molecule has 1 rings (SSSR count). The Morgan fingerprint density at radius 1 is 1.17 bits per heavy atom. The Morgan fingerprint density at radius 2 is 1.72 bits per heavy atom. The summed E-state index contributed by atoms with van der Waals surface area (Å²) in [5.74, 6) is -3.86. The second-order valence-corrected chi connectivity index (χ2v) is 6.63. The largest absolute Gasteiger partial charge is 0.356 e. The molecule has 0 bridgehead atoms. The SMILES string of the molecule is CC(C)(C)SC(F)(F)C(=O)c1ccc(F)cc1F. The fourth-order valence-corrected chi connectivity index (χ4v) is 2.23.